The minimum Gasteiger partial charge on any atom is -0.396 e. The molecular formula is C21H36O11. The number of aliphatic hydroxyl groups is 7. The SMILES string of the molecule is CC1(CO)C2CCC1(C)[C@H](O[C@@H]1O[C@H](CO[C@@H]3OC[C@](O)(CO)[C@H]3O)[C@@H](O)[C@H](O)[C@H]1O)C2. The summed E-state index contributed by atoms with van der Waals surface area (Å²) in [5, 5.41) is 70.6. The van der Waals surface area contributed by atoms with Gasteiger partial charge in [0.1, 0.15) is 36.1 Å². The molecule has 4 rings (SSSR count). The summed E-state index contributed by atoms with van der Waals surface area (Å²) in [7, 11) is 0. The molecule has 0 aromatic rings. The molecule has 2 aliphatic heterocycles. The molecule has 11 heteroatoms. The van der Waals surface area contributed by atoms with E-state index in [2.05, 4.69) is 6.92 Å². The van der Waals surface area contributed by atoms with Crippen LogP contribution in [0.5, 0.6) is 0 Å². The monoisotopic (exact) mass is 464 g/mol. The molecule has 0 amide bonds. The van der Waals surface area contributed by atoms with E-state index < -0.39 is 55.3 Å². The maximum absolute atomic E-state index is 10.5. The molecule has 4 fully saturated rings. The summed E-state index contributed by atoms with van der Waals surface area (Å²) in [6, 6.07) is 0. The van der Waals surface area contributed by atoms with Crippen LogP contribution < -0.4 is 0 Å². The molecular weight excluding hydrogens is 428 g/mol. The van der Waals surface area contributed by atoms with Gasteiger partial charge in [0.25, 0.3) is 0 Å². The van der Waals surface area contributed by atoms with Crippen LogP contribution in [0.1, 0.15) is 33.1 Å². The van der Waals surface area contributed by atoms with Crippen LogP contribution in [0.25, 0.3) is 0 Å². The van der Waals surface area contributed by atoms with Crippen molar-refractivity contribution in [3.05, 3.63) is 0 Å². The van der Waals surface area contributed by atoms with Gasteiger partial charge in [-0.3, -0.25) is 0 Å². The van der Waals surface area contributed by atoms with Gasteiger partial charge in [-0.15, -0.1) is 0 Å². The molecule has 0 spiro atoms. The van der Waals surface area contributed by atoms with Crippen molar-refractivity contribution in [2.24, 2.45) is 16.7 Å². The lowest BCUT2D eigenvalue weighted by molar-refractivity contribution is -0.326. The van der Waals surface area contributed by atoms with Crippen LogP contribution in [0.4, 0.5) is 0 Å². The van der Waals surface area contributed by atoms with Crippen molar-refractivity contribution in [1.29, 1.82) is 0 Å². The van der Waals surface area contributed by atoms with E-state index in [1.807, 2.05) is 6.92 Å². The summed E-state index contributed by atoms with van der Waals surface area (Å²) < 4.78 is 22.5. The summed E-state index contributed by atoms with van der Waals surface area (Å²) in [5.41, 5.74) is -2.48. The van der Waals surface area contributed by atoms with Gasteiger partial charge in [-0.25, -0.2) is 0 Å². The molecule has 11 nitrogen and oxygen atoms in total. The molecule has 2 saturated heterocycles. The number of fused-ring (bicyclic) bond motifs is 2. The maximum Gasteiger partial charge on any atom is 0.186 e. The van der Waals surface area contributed by atoms with Gasteiger partial charge in [0.2, 0.25) is 0 Å². The highest BCUT2D eigenvalue weighted by molar-refractivity contribution is 5.13. The van der Waals surface area contributed by atoms with Crippen LogP contribution in [0.2, 0.25) is 0 Å². The van der Waals surface area contributed by atoms with Crippen LogP contribution in [-0.4, -0.2) is 117 Å². The molecule has 2 heterocycles. The molecule has 7 N–H and O–H groups in total. The zero-order chi connectivity index (χ0) is 23.5. The van der Waals surface area contributed by atoms with Crippen molar-refractivity contribution >= 4 is 0 Å². The van der Waals surface area contributed by atoms with Crippen molar-refractivity contribution in [2.45, 2.75) is 87.9 Å². The summed E-state index contributed by atoms with van der Waals surface area (Å²) in [6.07, 6.45) is -7.39. The highest BCUT2D eigenvalue weighted by atomic mass is 16.7. The maximum atomic E-state index is 10.5. The minimum absolute atomic E-state index is 0.0316. The number of hydrogen-bond acceptors (Lipinski definition) is 11. The third-order valence-electron chi connectivity index (χ3n) is 8.73. The molecule has 12 atom stereocenters. The first-order chi connectivity index (χ1) is 15.0. The topological polar surface area (TPSA) is 179 Å². The van der Waals surface area contributed by atoms with Gasteiger partial charge in [0.05, 0.1) is 25.9 Å². The number of hydrogen-bond donors (Lipinski definition) is 7. The highest BCUT2D eigenvalue weighted by Gasteiger charge is 2.65. The first-order valence-corrected chi connectivity index (χ1v) is 11.2. The summed E-state index contributed by atoms with van der Waals surface area (Å²) in [6.45, 7) is 2.76. The van der Waals surface area contributed by atoms with Crippen LogP contribution in [-0.2, 0) is 18.9 Å². The van der Waals surface area contributed by atoms with E-state index in [9.17, 15) is 35.7 Å². The first kappa shape index (κ1) is 24.7. The average Bonchev–Trinajstić information content (AvgIpc) is 3.29. The smallest absolute Gasteiger partial charge is 0.186 e. The second-order valence-electron chi connectivity index (χ2n) is 10.3. The Morgan fingerprint density at radius 1 is 0.969 bits per heavy atom. The Hall–Kier alpha value is -0.440. The lowest BCUT2D eigenvalue weighted by Gasteiger charge is -2.45. The molecule has 2 saturated carbocycles. The Balaban J connectivity index is 1.40. The van der Waals surface area contributed by atoms with Crippen molar-refractivity contribution in [3.8, 4) is 0 Å². The fourth-order valence-electron chi connectivity index (χ4n) is 5.94. The Kier molecular flexibility index (Phi) is 6.67. The van der Waals surface area contributed by atoms with Crippen molar-refractivity contribution in [3.63, 3.8) is 0 Å². The van der Waals surface area contributed by atoms with E-state index >= 15 is 0 Å². The predicted octanol–water partition coefficient (Wildman–Crippen LogP) is -2.54. The molecule has 32 heavy (non-hydrogen) atoms. The molecule has 3 unspecified atom stereocenters. The Morgan fingerprint density at radius 2 is 1.69 bits per heavy atom. The van der Waals surface area contributed by atoms with Gasteiger partial charge in [0.15, 0.2) is 12.6 Å². The van der Waals surface area contributed by atoms with Crippen LogP contribution in [0, 0.1) is 16.7 Å². The standard InChI is InChI=1S/C21H36O11/c1-19-4-3-10(20(19,2)7-22)5-12(19)32-17-15(26)14(25)13(24)11(31-17)6-29-18-16(27)21(28,8-23)9-30-18/h10-18,22-28H,3-9H2,1-2H3/t10?,11-,12-,13-,14+,15-,16+,17+,18-,19?,20?,21-/m1/s1. The van der Waals surface area contributed by atoms with Crippen molar-refractivity contribution in [2.75, 3.05) is 26.4 Å². The molecule has 186 valence electrons. The zero-order valence-electron chi connectivity index (χ0n) is 18.4. The van der Waals surface area contributed by atoms with Crippen LogP contribution >= 0.6 is 0 Å². The number of rotatable bonds is 7. The van der Waals surface area contributed by atoms with Crippen molar-refractivity contribution in [1.82, 2.24) is 0 Å². The van der Waals surface area contributed by atoms with Gasteiger partial charge in [-0.05, 0) is 25.2 Å². The van der Waals surface area contributed by atoms with Gasteiger partial charge in [-0.1, -0.05) is 13.8 Å². The van der Waals surface area contributed by atoms with Gasteiger partial charge in [0, 0.05) is 17.4 Å². The molecule has 0 radical (unpaired) electrons. The quantitative estimate of drug-likeness (QED) is 0.211. The minimum atomic E-state index is -1.85. The normalized spacial score (nSPS) is 55.6. The molecule has 0 aromatic carbocycles. The van der Waals surface area contributed by atoms with E-state index in [-0.39, 0.29) is 42.7 Å². The number of aliphatic hydroxyl groups excluding tert-OH is 6. The molecule has 4 aliphatic rings. The third kappa shape index (κ3) is 3.62. The summed E-state index contributed by atoms with van der Waals surface area (Å²) in [5.74, 6) is 0.282. The largest absolute Gasteiger partial charge is 0.396 e. The fourth-order valence-corrected chi connectivity index (χ4v) is 5.94. The zero-order valence-corrected chi connectivity index (χ0v) is 18.4. The summed E-state index contributed by atoms with van der Waals surface area (Å²) >= 11 is 0. The van der Waals surface area contributed by atoms with Crippen LogP contribution in [0.15, 0.2) is 0 Å². The van der Waals surface area contributed by atoms with E-state index in [4.69, 9.17) is 18.9 Å². The lowest BCUT2D eigenvalue weighted by atomic mass is 9.69. The van der Waals surface area contributed by atoms with Gasteiger partial charge >= 0.3 is 0 Å². The third-order valence-corrected chi connectivity index (χ3v) is 8.73. The van der Waals surface area contributed by atoms with Crippen LogP contribution in [0.3, 0.4) is 0 Å². The Morgan fingerprint density at radius 3 is 2.28 bits per heavy atom. The Labute approximate surface area is 186 Å². The summed E-state index contributed by atoms with van der Waals surface area (Å²) in [4.78, 5) is 0. The predicted molar refractivity (Wildman–Crippen MR) is 106 cm³/mol. The van der Waals surface area contributed by atoms with Gasteiger partial charge in [-0.2, -0.15) is 0 Å². The van der Waals surface area contributed by atoms with Crippen molar-refractivity contribution < 1.29 is 54.7 Å². The second kappa shape index (κ2) is 8.65. The molecule has 2 aliphatic carbocycles. The van der Waals surface area contributed by atoms with E-state index in [1.165, 1.54) is 0 Å². The number of ether oxygens (including phenoxy) is 4. The van der Waals surface area contributed by atoms with E-state index in [0.29, 0.717) is 6.42 Å². The van der Waals surface area contributed by atoms with E-state index in [0.717, 1.165) is 12.8 Å². The Bertz CT molecular complexity index is 680. The lowest BCUT2D eigenvalue weighted by Crippen LogP contribution is -2.60. The fraction of sp³-hybridized carbons (Fsp3) is 1.00. The van der Waals surface area contributed by atoms with Gasteiger partial charge < -0.3 is 54.7 Å². The highest BCUT2D eigenvalue weighted by Crippen LogP contribution is 2.66. The molecule has 0 aromatic heterocycles. The average molecular weight is 465 g/mol. The molecule has 2 bridgehead atoms. The van der Waals surface area contributed by atoms with E-state index in [1.54, 1.807) is 0 Å². The second-order valence-corrected chi connectivity index (χ2v) is 10.3. The first-order valence-electron chi connectivity index (χ1n) is 11.2.